The Bertz CT molecular complexity index is 947. The largest absolute Gasteiger partial charge is 0.422 e. The van der Waals surface area contributed by atoms with E-state index in [4.69, 9.17) is 4.42 Å². The average Bonchev–Trinajstić information content (AvgIpc) is 3.00. The molecule has 1 atom stereocenters. The van der Waals surface area contributed by atoms with Gasteiger partial charge in [-0.3, -0.25) is 0 Å². The van der Waals surface area contributed by atoms with Crippen LogP contribution in [0.4, 0.5) is 5.69 Å². The Labute approximate surface area is 143 Å². The Hall–Kier alpha value is -2.18. The number of aromatic nitrogens is 1. The topological polar surface area (TPSA) is 58.4 Å². The molecule has 2 aromatic heterocycles. The molecule has 3 heterocycles. The molecule has 1 aromatic carbocycles. The molecule has 0 aliphatic carbocycles. The van der Waals surface area contributed by atoms with Gasteiger partial charge in [-0.05, 0) is 32.0 Å². The van der Waals surface area contributed by atoms with Gasteiger partial charge in [0.15, 0.2) is 0 Å². The van der Waals surface area contributed by atoms with Gasteiger partial charge in [-0.2, -0.15) is 0 Å². The van der Waals surface area contributed by atoms with E-state index in [0.717, 1.165) is 36.4 Å². The van der Waals surface area contributed by atoms with Gasteiger partial charge in [-0.25, -0.2) is 9.78 Å². The van der Waals surface area contributed by atoms with Crippen molar-refractivity contribution in [3.05, 3.63) is 45.8 Å². The van der Waals surface area contributed by atoms with Gasteiger partial charge in [0.25, 0.3) is 0 Å². The van der Waals surface area contributed by atoms with Crippen LogP contribution in [0.3, 0.4) is 0 Å². The van der Waals surface area contributed by atoms with Gasteiger partial charge in [-0.15, -0.1) is 11.3 Å². The van der Waals surface area contributed by atoms with E-state index in [9.17, 15) is 4.79 Å². The highest BCUT2D eigenvalue weighted by Crippen LogP contribution is 2.27. The summed E-state index contributed by atoms with van der Waals surface area (Å²) >= 11 is 1.47. The summed E-state index contributed by atoms with van der Waals surface area (Å²) in [5.74, 6) is 0. The molecule has 0 saturated carbocycles. The molecule has 6 heteroatoms. The number of anilines is 1. The number of piperazine rings is 1. The van der Waals surface area contributed by atoms with Crippen LogP contribution < -0.4 is 15.8 Å². The molecular formula is C18H19N3O2S. The van der Waals surface area contributed by atoms with E-state index in [0.29, 0.717) is 22.2 Å². The third-order valence-electron chi connectivity index (χ3n) is 4.30. The minimum absolute atomic E-state index is 0.331. The third-order valence-corrected chi connectivity index (χ3v) is 5.30. The zero-order valence-corrected chi connectivity index (χ0v) is 14.5. The molecule has 0 spiro atoms. The third kappa shape index (κ3) is 2.83. The highest BCUT2D eigenvalue weighted by molar-refractivity contribution is 7.13. The van der Waals surface area contributed by atoms with E-state index in [1.165, 1.54) is 11.3 Å². The molecule has 1 aliphatic heterocycles. The van der Waals surface area contributed by atoms with Crippen LogP contribution >= 0.6 is 11.3 Å². The lowest BCUT2D eigenvalue weighted by Gasteiger charge is -2.33. The number of aryl methyl sites for hydroxylation is 1. The summed E-state index contributed by atoms with van der Waals surface area (Å²) in [4.78, 5) is 19.1. The molecule has 1 N–H and O–H groups in total. The van der Waals surface area contributed by atoms with Crippen molar-refractivity contribution in [2.45, 2.75) is 19.9 Å². The minimum atomic E-state index is -0.331. The fourth-order valence-electron chi connectivity index (χ4n) is 3.09. The van der Waals surface area contributed by atoms with Crippen LogP contribution in [0.1, 0.15) is 12.6 Å². The van der Waals surface area contributed by atoms with Crippen molar-refractivity contribution < 1.29 is 4.42 Å². The first-order valence-electron chi connectivity index (χ1n) is 8.09. The number of thiazole rings is 1. The highest BCUT2D eigenvalue weighted by Gasteiger charge is 2.17. The summed E-state index contributed by atoms with van der Waals surface area (Å²) in [5.41, 5.74) is 2.84. The molecule has 0 unspecified atom stereocenters. The molecule has 4 rings (SSSR count). The highest BCUT2D eigenvalue weighted by atomic mass is 32.1. The molecular weight excluding hydrogens is 322 g/mol. The first kappa shape index (κ1) is 15.4. The molecule has 0 bridgehead atoms. The molecule has 1 aliphatic rings. The number of fused-ring (bicyclic) bond motifs is 1. The smallest absolute Gasteiger partial charge is 0.346 e. The van der Waals surface area contributed by atoms with Crippen LogP contribution in [0.5, 0.6) is 0 Å². The van der Waals surface area contributed by atoms with Gasteiger partial charge in [0.2, 0.25) is 0 Å². The molecule has 0 amide bonds. The Morgan fingerprint density at radius 1 is 1.38 bits per heavy atom. The van der Waals surface area contributed by atoms with Crippen LogP contribution in [-0.2, 0) is 0 Å². The van der Waals surface area contributed by atoms with Crippen LogP contribution in [-0.4, -0.2) is 30.7 Å². The van der Waals surface area contributed by atoms with Crippen molar-refractivity contribution in [2.75, 3.05) is 24.5 Å². The van der Waals surface area contributed by atoms with E-state index in [-0.39, 0.29) is 5.63 Å². The number of hydrogen-bond donors (Lipinski definition) is 1. The van der Waals surface area contributed by atoms with Gasteiger partial charge in [0.1, 0.15) is 10.6 Å². The van der Waals surface area contributed by atoms with Crippen LogP contribution in [0.2, 0.25) is 0 Å². The fourth-order valence-corrected chi connectivity index (χ4v) is 3.89. The molecule has 1 fully saturated rings. The fraction of sp³-hybridized carbons (Fsp3) is 0.333. The van der Waals surface area contributed by atoms with Gasteiger partial charge in [0, 0.05) is 53.9 Å². The van der Waals surface area contributed by atoms with Crippen LogP contribution in [0, 0.1) is 6.92 Å². The molecule has 24 heavy (non-hydrogen) atoms. The second-order valence-corrected chi connectivity index (χ2v) is 7.12. The first-order valence-corrected chi connectivity index (χ1v) is 8.97. The quantitative estimate of drug-likeness (QED) is 0.726. The van der Waals surface area contributed by atoms with Gasteiger partial charge >= 0.3 is 5.63 Å². The van der Waals surface area contributed by atoms with Crippen LogP contribution in [0.15, 0.2) is 38.9 Å². The van der Waals surface area contributed by atoms with Gasteiger partial charge in [0.05, 0.1) is 5.56 Å². The SMILES string of the molecule is Cc1csc(-c2cc3ccc(N4CCN[C@H](C)C4)cc3oc2=O)n1. The summed E-state index contributed by atoms with van der Waals surface area (Å²) in [6, 6.07) is 8.41. The average molecular weight is 341 g/mol. The Morgan fingerprint density at radius 3 is 3.00 bits per heavy atom. The summed E-state index contributed by atoms with van der Waals surface area (Å²) in [7, 11) is 0. The lowest BCUT2D eigenvalue weighted by atomic mass is 10.1. The number of hydrogen-bond acceptors (Lipinski definition) is 6. The van der Waals surface area contributed by atoms with Crippen molar-refractivity contribution in [1.29, 1.82) is 0 Å². The predicted octanol–water partition coefficient (Wildman–Crippen LogP) is 3.02. The summed E-state index contributed by atoms with van der Waals surface area (Å²) < 4.78 is 5.58. The zero-order chi connectivity index (χ0) is 16.7. The van der Waals surface area contributed by atoms with Crippen molar-refractivity contribution in [3.8, 4) is 10.6 Å². The van der Waals surface area contributed by atoms with Gasteiger partial charge < -0.3 is 14.6 Å². The monoisotopic (exact) mass is 341 g/mol. The molecule has 5 nitrogen and oxygen atoms in total. The van der Waals surface area contributed by atoms with E-state index in [1.807, 2.05) is 30.5 Å². The number of nitrogens with zero attached hydrogens (tertiary/aromatic N) is 2. The summed E-state index contributed by atoms with van der Waals surface area (Å²) in [6.45, 7) is 6.97. The maximum absolute atomic E-state index is 12.4. The molecule has 124 valence electrons. The Morgan fingerprint density at radius 2 is 2.25 bits per heavy atom. The predicted molar refractivity (Wildman–Crippen MR) is 98.0 cm³/mol. The molecule has 1 saturated heterocycles. The van der Waals surface area contributed by atoms with E-state index in [1.54, 1.807) is 0 Å². The van der Waals surface area contributed by atoms with E-state index >= 15 is 0 Å². The second kappa shape index (κ2) is 6.03. The lowest BCUT2D eigenvalue weighted by molar-refractivity contribution is 0.484. The lowest BCUT2D eigenvalue weighted by Crippen LogP contribution is -2.49. The first-order chi connectivity index (χ1) is 11.6. The van der Waals surface area contributed by atoms with E-state index in [2.05, 4.69) is 28.2 Å². The van der Waals surface area contributed by atoms with Crippen molar-refractivity contribution in [3.63, 3.8) is 0 Å². The number of benzene rings is 1. The Kier molecular flexibility index (Phi) is 3.86. The van der Waals surface area contributed by atoms with Crippen molar-refractivity contribution in [1.82, 2.24) is 10.3 Å². The Balaban J connectivity index is 1.74. The number of rotatable bonds is 2. The summed E-state index contributed by atoms with van der Waals surface area (Å²) in [5, 5.41) is 7.00. The van der Waals surface area contributed by atoms with Crippen LogP contribution in [0.25, 0.3) is 21.5 Å². The van der Waals surface area contributed by atoms with E-state index < -0.39 is 0 Å². The standard InChI is InChI=1S/C18H19N3O2S/c1-11-9-21(6-5-19-11)14-4-3-13-7-15(17-20-12(2)10-24-17)18(22)23-16(13)8-14/h3-4,7-8,10-11,19H,5-6,9H2,1-2H3/t11-/m1/s1. The maximum Gasteiger partial charge on any atom is 0.346 e. The van der Waals surface area contributed by atoms with Crippen molar-refractivity contribution in [2.24, 2.45) is 0 Å². The maximum atomic E-state index is 12.4. The number of nitrogens with one attached hydrogen (secondary N) is 1. The molecule has 0 radical (unpaired) electrons. The molecule has 3 aromatic rings. The van der Waals surface area contributed by atoms with Gasteiger partial charge in [-0.1, -0.05) is 0 Å². The second-order valence-electron chi connectivity index (χ2n) is 6.26. The summed E-state index contributed by atoms with van der Waals surface area (Å²) in [6.07, 6.45) is 0. The zero-order valence-electron chi connectivity index (χ0n) is 13.7. The minimum Gasteiger partial charge on any atom is -0.422 e. The normalized spacial score (nSPS) is 18.2. The van der Waals surface area contributed by atoms with Crippen molar-refractivity contribution >= 4 is 28.0 Å².